The summed E-state index contributed by atoms with van der Waals surface area (Å²) in [6.45, 7) is 11.7. The van der Waals surface area contributed by atoms with Crippen molar-refractivity contribution in [3.63, 3.8) is 0 Å². The minimum atomic E-state index is 0.676. The molecule has 0 spiro atoms. The largest absolute Gasteiger partial charge is 0.312 e. The van der Waals surface area contributed by atoms with Crippen molar-refractivity contribution in [2.75, 3.05) is 40.3 Å². The Hall–Kier alpha value is -0.120. The van der Waals surface area contributed by atoms with Crippen molar-refractivity contribution in [1.82, 2.24) is 15.1 Å². The minimum Gasteiger partial charge on any atom is -0.312 e. The zero-order valence-corrected chi connectivity index (χ0v) is 13.1. The summed E-state index contributed by atoms with van der Waals surface area (Å²) in [4.78, 5) is 4.95. The number of nitrogens with one attached hydrogen (secondary N) is 1. The van der Waals surface area contributed by atoms with Gasteiger partial charge in [-0.2, -0.15) is 0 Å². The standard InChI is InChI=1S/C15H33N3/c1-6-13(3)10-14(7-2)16-11-15-12-17(4)8-9-18(15)5/h13-16H,6-12H2,1-5H3. The van der Waals surface area contributed by atoms with Crippen LogP contribution in [0.3, 0.4) is 0 Å². The molecule has 3 unspecified atom stereocenters. The SMILES string of the molecule is CCC(C)CC(CC)NCC1CN(C)CCN1C. The van der Waals surface area contributed by atoms with Gasteiger partial charge in [-0.05, 0) is 32.9 Å². The van der Waals surface area contributed by atoms with E-state index < -0.39 is 0 Å². The third kappa shape index (κ3) is 5.25. The molecule has 0 radical (unpaired) electrons. The molecule has 1 N–H and O–H groups in total. The summed E-state index contributed by atoms with van der Waals surface area (Å²) in [6, 6.07) is 1.37. The Morgan fingerprint density at radius 2 is 1.89 bits per heavy atom. The second-order valence-electron chi connectivity index (χ2n) is 6.16. The van der Waals surface area contributed by atoms with E-state index in [1.54, 1.807) is 0 Å². The zero-order chi connectivity index (χ0) is 13.5. The summed E-state index contributed by atoms with van der Waals surface area (Å²) >= 11 is 0. The summed E-state index contributed by atoms with van der Waals surface area (Å²) in [5.74, 6) is 0.842. The molecule has 108 valence electrons. The topological polar surface area (TPSA) is 18.5 Å². The maximum absolute atomic E-state index is 3.79. The number of hydrogen-bond acceptors (Lipinski definition) is 3. The third-order valence-corrected chi connectivity index (χ3v) is 4.50. The number of likely N-dealkylation sites (N-methyl/N-ethyl adjacent to an activating group) is 2. The predicted octanol–water partition coefficient (Wildman–Crippen LogP) is 2.04. The maximum Gasteiger partial charge on any atom is 0.0345 e. The lowest BCUT2D eigenvalue weighted by Gasteiger charge is -2.38. The molecule has 3 atom stereocenters. The second kappa shape index (κ2) is 8.13. The van der Waals surface area contributed by atoms with Gasteiger partial charge in [-0.25, -0.2) is 0 Å². The fraction of sp³-hybridized carbons (Fsp3) is 1.00. The molecule has 0 bridgehead atoms. The van der Waals surface area contributed by atoms with Crippen molar-refractivity contribution in [1.29, 1.82) is 0 Å². The first-order valence-electron chi connectivity index (χ1n) is 7.68. The highest BCUT2D eigenvalue weighted by molar-refractivity contribution is 4.82. The molecule has 3 nitrogen and oxygen atoms in total. The van der Waals surface area contributed by atoms with Gasteiger partial charge in [-0.3, -0.25) is 4.90 Å². The highest BCUT2D eigenvalue weighted by Crippen LogP contribution is 2.12. The van der Waals surface area contributed by atoms with Gasteiger partial charge in [0.15, 0.2) is 0 Å². The van der Waals surface area contributed by atoms with Gasteiger partial charge in [-0.15, -0.1) is 0 Å². The first-order valence-corrected chi connectivity index (χ1v) is 7.68. The van der Waals surface area contributed by atoms with E-state index in [9.17, 15) is 0 Å². The molecular formula is C15H33N3. The number of hydrogen-bond donors (Lipinski definition) is 1. The Morgan fingerprint density at radius 3 is 2.50 bits per heavy atom. The molecule has 0 aromatic rings. The van der Waals surface area contributed by atoms with Crippen molar-refractivity contribution in [2.24, 2.45) is 5.92 Å². The lowest BCUT2D eigenvalue weighted by atomic mass is 9.97. The van der Waals surface area contributed by atoms with Crippen LogP contribution in [-0.2, 0) is 0 Å². The summed E-state index contributed by atoms with van der Waals surface area (Å²) in [6.07, 6.45) is 3.86. The van der Waals surface area contributed by atoms with E-state index in [4.69, 9.17) is 0 Å². The lowest BCUT2D eigenvalue weighted by molar-refractivity contribution is 0.110. The van der Waals surface area contributed by atoms with Crippen LogP contribution in [0, 0.1) is 5.92 Å². The van der Waals surface area contributed by atoms with Gasteiger partial charge in [0.25, 0.3) is 0 Å². The van der Waals surface area contributed by atoms with Gasteiger partial charge < -0.3 is 10.2 Å². The van der Waals surface area contributed by atoms with E-state index >= 15 is 0 Å². The molecule has 1 aliphatic rings. The van der Waals surface area contributed by atoms with Crippen LogP contribution >= 0.6 is 0 Å². The Kier molecular flexibility index (Phi) is 7.20. The highest BCUT2D eigenvalue weighted by atomic mass is 15.3. The molecule has 0 aromatic heterocycles. The van der Waals surface area contributed by atoms with E-state index in [1.807, 2.05) is 0 Å². The average Bonchev–Trinajstić information content (AvgIpc) is 2.37. The fourth-order valence-electron chi connectivity index (χ4n) is 2.67. The number of rotatable bonds is 7. The second-order valence-corrected chi connectivity index (χ2v) is 6.16. The molecule has 0 saturated carbocycles. The summed E-state index contributed by atoms with van der Waals surface area (Å²) < 4.78 is 0. The van der Waals surface area contributed by atoms with Crippen LogP contribution in [0.5, 0.6) is 0 Å². The first-order chi connectivity index (χ1) is 8.56. The molecule has 1 rings (SSSR count). The maximum atomic E-state index is 3.79. The number of nitrogens with zero attached hydrogens (tertiary/aromatic N) is 2. The lowest BCUT2D eigenvalue weighted by Crippen LogP contribution is -2.54. The van der Waals surface area contributed by atoms with Crippen LogP contribution in [0.25, 0.3) is 0 Å². The first kappa shape index (κ1) is 15.9. The molecule has 0 aromatic carbocycles. The van der Waals surface area contributed by atoms with Crippen LogP contribution in [-0.4, -0.2) is 62.2 Å². The third-order valence-electron chi connectivity index (χ3n) is 4.50. The summed E-state index contributed by atoms with van der Waals surface area (Å²) in [5.41, 5.74) is 0. The smallest absolute Gasteiger partial charge is 0.0345 e. The van der Waals surface area contributed by atoms with Crippen molar-refractivity contribution >= 4 is 0 Å². The molecule has 1 saturated heterocycles. The van der Waals surface area contributed by atoms with Crippen molar-refractivity contribution in [3.05, 3.63) is 0 Å². The molecule has 18 heavy (non-hydrogen) atoms. The Balaban J connectivity index is 2.32. The van der Waals surface area contributed by atoms with Gasteiger partial charge in [-0.1, -0.05) is 27.2 Å². The van der Waals surface area contributed by atoms with Gasteiger partial charge in [0, 0.05) is 38.3 Å². The summed E-state index contributed by atoms with van der Waals surface area (Å²) in [5, 5.41) is 3.79. The van der Waals surface area contributed by atoms with Gasteiger partial charge in [0.05, 0.1) is 0 Å². The van der Waals surface area contributed by atoms with E-state index in [0.717, 1.165) is 12.5 Å². The molecular weight excluding hydrogens is 222 g/mol. The van der Waals surface area contributed by atoms with E-state index in [0.29, 0.717) is 12.1 Å². The van der Waals surface area contributed by atoms with Crippen LogP contribution in [0.2, 0.25) is 0 Å². The Labute approximate surface area is 114 Å². The highest BCUT2D eigenvalue weighted by Gasteiger charge is 2.22. The van der Waals surface area contributed by atoms with Gasteiger partial charge >= 0.3 is 0 Å². The molecule has 0 amide bonds. The van der Waals surface area contributed by atoms with E-state index in [1.165, 1.54) is 38.9 Å². The quantitative estimate of drug-likeness (QED) is 0.751. The van der Waals surface area contributed by atoms with Crippen LogP contribution < -0.4 is 5.32 Å². The molecule has 1 fully saturated rings. The normalized spacial score (nSPS) is 26.2. The monoisotopic (exact) mass is 255 g/mol. The van der Waals surface area contributed by atoms with Crippen LogP contribution in [0.4, 0.5) is 0 Å². The fourth-order valence-corrected chi connectivity index (χ4v) is 2.67. The van der Waals surface area contributed by atoms with E-state index in [2.05, 4.69) is 50.0 Å². The Morgan fingerprint density at radius 1 is 1.17 bits per heavy atom. The predicted molar refractivity (Wildman–Crippen MR) is 80.1 cm³/mol. The molecule has 1 aliphatic heterocycles. The molecule has 3 heteroatoms. The van der Waals surface area contributed by atoms with Crippen molar-refractivity contribution in [3.8, 4) is 0 Å². The van der Waals surface area contributed by atoms with Crippen LogP contribution in [0.15, 0.2) is 0 Å². The van der Waals surface area contributed by atoms with Crippen molar-refractivity contribution < 1.29 is 0 Å². The van der Waals surface area contributed by atoms with Crippen LogP contribution in [0.1, 0.15) is 40.0 Å². The van der Waals surface area contributed by atoms with E-state index in [-0.39, 0.29) is 0 Å². The molecule has 1 heterocycles. The molecule has 0 aliphatic carbocycles. The Bertz CT molecular complexity index is 220. The zero-order valence-electron chi connectivity index (χ0n) is 13.1. The number of piperazine rings is 1. The summed E-state index contributed by atoms with van der Waals surface area (Å²) in [7, 11) is 4.49. The van der Waals surface area contributed by atoms with Crippen molar-refractivity contribution in [2.45, 2.75) is 52.1 Å². The average molecular weight is 255 g/mol. The van der Waals surface area contributed by atoms with Gasteiger partial charge in [0.1, 0.15) is 0 Å². The minimum absolute atomic E-state index is 0.676. The van der Waals surface area contributed by atoms with Gasteiger partial charge in [0.2, 0.25) is 0 Å².